The number of hydrogen-bond donors (Lipinski definition) is 4. The molecular weight excluding hydrogens is 403 g/mol. The number of carbonyl (C=O) groups excluding carboxylic acids is 1. The van der Waals surface area contributed by atoms with Gasteiger partial charge in [-0.1, -0.05) is 99.8 Å². The lowest BCUT2D eigenvalue weighted by molar-refractivity contribution is -0.137. The molecule has 0 aromatic heterocycles. The van der Waals surface area contributed by atoms with E-state index in [1.54, 1.807) is 13.9 Å². The third kappa shape index (κ3) is 70.2. The molecule has 0 rings (SSSR count). The molecule has 0 aliphatic heterocycles. The summed E-state index contributed by atoms with van der Waals surface area (Å²) in [6, 6.07) is 0. The molecule has 0 atom stereocenters. The van der Waals surface area contributed by atoms with Crippen LogP contribution in [0.15, 0.2) is 0 Å². The Hall–Kier alpha value is -1.08. The predicted octanol–water partition coefficient (Wildman–Crippen LogP) is 6.67. The monoisotopic (exact) mass is 462 g/mol. The second-order valence-electron chi connectivity index (χ2n) is 7.32. The molecule has 4 N–H and O–H groups in total. The molecule has 0 heterocycles. The number of amides is 1. The van der Waals surface area contributed by atoms with Crippen molar-refractivity contribution in [1.29, 1.82) is 0 Å². The molecule has 0 aliphatic rings. The minimum absolute atomic E-state index is 0.163. The Kier molecular flexibility index (Phi) is 56.3. The van der Waals surface area contributed by atoms with Crippen molar-refractivity contribution in [2.45, 2.75) is 139 Å². The van der Waals surface area contributed by atoms with Gasteiger partial charge in [-0.25, -0.2) is 0 Å². The second kappa shape index (κ2) is 43.7. The molecule has 7 heteroatoms. The molecule has 0 aliphatic carbocycles. The zero-order valence-electron chi connectivity index (χ0n) is 23.2. The van der Waals surface area contributed by atoms with E-state index in [2.05, 4.69) is 45.2 Å². The van der Waals surface area contributed by atoms with Gasteiger partial charge >= 0.3 is 13.0 Å². The molecular formula is C25H59BN2O4. The molecule has 0 unspecified atom stereocenters. The molecule has 0 fully saturated rings. The quantitative estimate of drug-likeness (QED) is 0.171. The first-order valence-corrected chi connectivity index (χ1v) is 13.1. The van der Waals surface area contributed by atoms with E-state index in [4.69, 9.17) is 10.1 Å². The number of carboxylic acid groups (broad SMARTS) is 1. The summed E-state index contributed by atoms with van der Waals surface area (Å²) >= 11 is 0. The van der Waals surface area contributed by atoms with Crippen LogP contribution in [0, 0.1) is 0 Å². The van der Waals surface area contributed by atoms with E-state index in [9.17, 15) is 9.59 Å². The predicted molar refractivity (Wildman–Crippen MR) is 143 cm³/mol. The minimum Gasteiger partial charge on any atom is -0.481 e. The Morgan fingerprint density at radius 2 is 1.16 bits per heavy atom. The van der Waals surface area contributed by atoms with Gasteiger partial charge in [0.1, 0.15) is 0 Å². The van der Waals surface area contributed by atoms with Crippen LogP contribution in [0.25, 0.3) is 0 Å². The van der Waals surface area contributed by atoms with E-state index in [-0.39, 0.29) is 12.3 Å². The van der Waals surface area contributed by atoms with E-state index < -0.39 is 13.0 Å². The fourth-order valence-corrected chi connectivity index (χ4v) is 1.73. The Labute approximate surface area is 201 Å². The highest BCUT2D eigenvalue weighted by Crippen LogP contribution is 2.01. The van der Waals surface area contributed by atoms with Gasteiger partial charge in [-0.2, -0.15) is 0 Å². The average molecular weight is 463 g/mol. The van der Waals surface area contributed by atoms with Crippen molar-refractivity contribution >= 4 is 18.9 Å². The van der Waals surface area contributed by atoms with Gasteiger partial charge in [0.05, 0.1) is 0 Å². The molecule has 0 radical (unpaired) electrons. The summed E-state index contributed by atoms with van der Waals surface area (Å²) in [4.78, 5) is 20.7. The van der Waals surface area contributed by atoms with Crippen molar-refractivity contribution in [3.05, 3.63) is 0 Å². The van der Waals surface area contributed by atoms with Crippen molar-refractivity contribution in [3.8, 4) is 0 Å². The summed E-state index contributed by atoms with van der Waals surface area (Å²) in [5.41, 5.74) is 0. The summed E-state index contributed by atoms with van der Waals surface area (Å²) in [5, 5.41) is 22.5. The smallest absolute Gasteiger partial charge is 0.373 e. The molecule has 32 heavy (non-hydrogen) atoms. The highest BCUT2D eigenvalue weighted by atomic mass is 16.4. The maximum atomic E-state index is 10.7. The van der Waals surface area contributed by atoms with Crippen molar-refractivity contribution in [3.63, 3.8) is 0 Å². The Morgan fingerprint density at radius 1 is 0.719 bits per heavy atom. The zero-order valence-corrected chi connectivity index (χ0v) is 23.2. The molecule has 0 saturated heterocycles. The van der Waals surface area contributed by atoms with Gasteiger partial charge in [-0.15, -0.1) is 0 Å². The zero-order chi connectivity index (χ0) is 26.0. The number of rotatable bonds is 14. The first kappa shape index (κ1) is 41.2. The highest BCUT2D eigenvalue weighted by molar-refractivity contribution is 6.45. The van der Waals surface area contributed by atoms with E-state index in [0.29, 0.717) is 6.42 Å². The fourth-order valence-electron chi connectivity index (χ4n) is 1.73. The van der Waals surface area contributed by atoms with Crippen molar-refractivity contribution < 1.29 is 19.7 Å². The third-order valence-corrected chi connectivity index (χ3v) is 4.04. The van der Waals surface area contributed by atoms with Crippen LogP contribution in [0.4, 0.5) is 0 Å². The number of carbonyl (C=O) groups is 2. The number of aliphatic carboxylic acids is 1. The van der Waals surface area contributed by atoms with Gasteiger partial charge in [-0.3, -0.25) is 9.59 Å². The van der Waals surface area contributed by atoms with Crippen LogP contribution in [0.5, 0.6) is 0 Å². The van der Waals surface area contributed by atoms with Crippen LogP contribution >= 0.6 is 0 Å². The Morgan fingerprint density at radius 3 is 1.50 bits per heavy atom. The lowest BCUT2D eigenvalue weighted by atomic mass is 9.89. The summed E-state index contributed by atoms with van der Waals surface area (Å²) < 4.78 is 0. The van der Waals surface area contributed by atoms with Crippen LogP contribution in [0.1, 0.15) is 132 Å². The molecule has 196 valence electrons. The second-order valence-corrected chi connectivity index (χ2v) is 7.32. The Balaban J connectivity index is -0.000000109. The third-order valence-electron chi connectivity index (χ3n) is 4.04. The van der Waals surface area contributed by atoms with Crippen LogP contribution in [-0.4, -0.2) is 42.6 Å². The van der Waals surface area contributed by atoms with Crippen LogP contribution in [0.3, 0.4) is 0 Å². The maximum absolute atomic E-state index is 10.7. The van der Waals surface area contributed by atoms with E-state index >= 15 is 0 Å². The lowest BCUT2D eigenvalue weighted by Crippen LogP contribution is -2.31. The van der Waals surface area contributed by atoms with Crippen molar-refractivity contribution in [2.75, 3.05) is 13.6 Å². The number of unbranched alkanes of at least 4 members (excludes halogenated alkanes) is 7. The number of carboxylic acids is 1. The molecule has 0 aromatic rings. The average Bonchev–Trinajstić information content (AvgIpc) is 2.80. The summed E-state index contributed by atoms with van der Waals surface area (Å²) in [7, 11) is 1.21. The van der Waals surface area contributed by atoms with Gasteiger partial charge in [0.15, 0.2) is 0 Å². The van der Waals surface area contributed by atoms with E-state index in [0.717, 1.165) is 32.2 Å². The molecule has 0 bridgehead atoms. The van der Waals surface area contributed by atoms with Gasteiger partial charge in [0.2, 0.25) is 5.91 Å². The molecule has 6 nitrogen and oxygen atoms in total. The standard InChI is InChI=1S/C8H17NO.C7H16BNO3.2C4H10.C2H6/c1-3-4-5-6-7-8(10)9-2;1-8(12)9-6-4-2-3-5-7(10)11;2*1-3-4-2;1-2/h3-7H2,1-2H3,(H,9,10);9,12H,2-6H2,1H3,(H,10,11);2*3-4H2,1-2H3;1-2H3. The van der Waals surface area contributed by atoms with Crippen LogP contribution < -0.4 is 10.5 Å². The number of hydrogen-bond acceptors (Lipinski definition) is 4. The summed E-state index contributed by atoms with van der Waals surface area (Å²) in [6.07, 6.45) is 13.4. The number of nitrogens with one attached hydrogen (secondary N) is 2. The summed E-state index contributed by atoms with van der Waals surface area (Å²) in [5.74, 6) is -0.574. The molecule has 1 amide bonds. The molecule has 0 spiro atoms. The van der Waals surface area contributed by atoms with E-state index in [1.165, 1.54) is 44.9 Å². The van der Waals surface area contributed by atoms with Crippen molar-refractivity contribution in [2.24, 2.45) is 0 Å². The Bertz CT molecular complexity index is 323. The largest absolute Gasteiger partial charge is 0.481 e. The highest BCUT2D eigenvalue weighted by Gasteiger charge is 2.00. The van der Waals surface area contributed by atoms with Crippen LogP contribution in [-0.2, 0) is 9.59 Å². The lowest BCUT2D eigenvalue weighted by Gasteiger charge is -2.02. The SMILES string of the molecule is CB(O)NCCCCCC(=O)O.CC.CCCC.CCCC.CCCCCCC(=O)NC. The normalized spacial score (nSPS) is 8.69. The summed E-state index contributed by atoms with van der Waals surface area (Å²) in [6.45, 7) is 17.3. The van der Waals surface area contributed by atoms with Crippen LogP contribution in [0.2, 0.25) is 6.82 Å². The first-order chi connectivity index (χ1) is 15.3. The maximum Gasteiger partial charge on any atom is 0.373 e. The van der Waals surface area contributed by atoms with Gasteiger partial charge in [0.25, 0.3) is 0 Å². The van der Waals surface area contributed by atoms with Crippen molar-refractivity contribution in [1.82, 2.24) is 10.5 Å². The minimum atomic E-state index is -0.738. The molecule has 0 aromatic carbocycles. The van der Waals surface area contributed by atoms with Gasteiger partial charge < -0.3 is 20.7 Å². The van der Waals surface area contributed by atoms with Gasteiger partial charge in [-0.05, 0) is 32.6 Å². The van der Waals surface area contributed by atoms with Gasteiger partial charge in [0, 0.05) is 19.9 Å². The fraction of sp³-hybridized carbons (Fsp3) is 0.920. The first-order valence-electron chi connectivity index (χ1n) is 13.1. The molecule has 0 saturated carbocycles. The van der Waals surface area contributed by atoms with E-state index in [1.807, 2.05) is 13.8 Å². The topological polar surface area (TPSA) is 98.7 Å².